The van der Waals surface area contributed by atoms with Crippen molar-refractivity contribution in [3.05, 3.63) is 33.8 Å². The van der Waals surface area contributed by atoms with Crippen LogP contribution in [0.4, 0.5) is 0 Å². The number of halogens is 2. The van der Waals surface area contributed by atoms with Gasteiger partial charge in [-0.2, -0.15) is 0 Å². The van der Waals surface area contributed by atoms with Crippen molar-refractivity contribution in [1.82, 2.24) is 4.90 Å². The number of aliphatic carboxylic acids is 1. The molecule has 1 N–H and O–H groups in total. The van der Waals surface area contributed by atoms with Gasteiger partial charge in [-0.1, -0.05) is 29.3 Å². The first-order valence-electron chi connectivity index (χ1n) is 6.98. The van der Waals surface area contributed by atoms with Gasteiger partial charge in [0.2, 0.25) is 0 Å². The quantitative estimate of drug-likeness (QED) is 0.810. The van der Waals surface area contributed by atoms with E-state index in [0.29, 0.717) is 10.0 Å². The number of nitrogens with zero attached hydrogens (tertiary/aromatic N) is 1. The first kappa shape index (κ1) is 15.6. The molecule has 1 heterocycles. The van der Waals surface area contributed by atoms with E-state index in [1.807, 2.05) is 18.2 Å². The van der Waals surface area contributed by atoms with Crippen molar-refractivity contribution in [2.24, 2.45) is 0 Å². The Bertz CT molecular complexity index is 479. The van der Waals surface area contributed by atoms with Gasteiger partial charge in [-0.3, -0.25) is 9.69 Å². The third-order valence-corrected chi connectivity index (χ3v) is 4.53. The van der Waals surface area contributed by atoms with Crippen LogP contribution >= 0.6 is 23.2 Å². The van der Waals surface area contributed by atoms with Gasteiger partial charge in [-0.15, -0.1) is 0 Å². The van der Waals surface area contributed by atoms with Crippen LogP contribution in [-0.4, -0.2) is 35.1 Å². The van der Waals surface area contributed by atoms with E-state index in [0.717, 1.165) is 45.2 Å². The van der Waals surface area contributed by atoms with E-state index in [1.165, 1.54) is 5.56 Å². The summed E-state index contributed by atoms with van der Waals surface area (Å²) in [5.41, 5.74) is 1.18. The van der Waals surface area contributed by atoms with Gasteiger partial charge in [0.25, 0.3) is 0 Å². The van der Waals surface area contributed by atoms with E-state index in [1.54, 1.807) is 0 Å². The molecule has 0 radical (unpaired) electrons. The number of hydrogen-bond donors (Lipinski definition) is 1. The Morgan fingerprint density at radius 2 is 2.10 bits per heavy atom. The van der Waals surface area contributed by atoms with Crippen molar-refractivity contribution in [2.75, 3.05) is 13.1 Å². The summed E-state index contributed by atoms with van der Waals surface area (Å²) in [5, 5.41) is 10.3. The fourth-order valence-electron chi connectivity index (χ4n) is 2.71. The molecule has 1 aliphatic rings. The van der Waals surface area contributed by atoms with E-state index in [9.17, 15) is 4.79 Å². The standard InChI is InChI=1S/C15H19Cl2NO2/c16-12-7-6-11(10-13(12)17)4-1-2-8-18-9-3-5-14(18)15(19)20/h6-7,10,14H,1-5,8-9H2,(H,19,20)/t14-/m1/s1. The average Bonchev–Trinajstić information content (AvgIpc) is 2.87. The summed E-state index contributed by atoms with van der Waals surface area (Å²) in [4.78, 5) is 13.1. The van der Waals surface area contributed by atoms with Gasteiger partial charge in [-0.05, 0) is 62.9 Å². The Kier molecular flexibility index (Phi) is 5.70. The van der Waals surface area contributed by atoms with Crippen molar-refractivity contribution in [2.45, 2.75) is 38.1 Å². The Labute approximate surface area is 129 Å². The number of benzene rings is 1. The van der Waals surface area contributed by atoms with Crippen LogP contribution in [0, 0.1) is 0 Å². The van der Waals surface area contributed by atoms with Gasteiger partial charge in [0.05, 0.1) is 10.0 Å². The van der Waals surface area contributed by atoms with Gasteiger partial charge < -0.3 is 5.11 Å². The van der Waals surface area contributed by atoms with Crippen molar-refractivity contribution in [1.29, 1.82) is 0 Å². The highest BCUT2D eigenvalue weighted by Gasteiger charge is 2.29. The monoisotopic (exact) mass is 315 g/mol. The zero-order chi connectivity index (χ0) is 14.5. The van der Waals surface area contributed by atoms with Crippen LogP contribution in [0.2, 0.25) is 10.0 Å². The molecule has 0 saturated carbocycles. The second kappa shape index (κ2) is 7.30. The van der Waals surface area contributed by atoms with Gasteiger partial charge >= 0.3 is 5.97 Å². The summed E-state index contributed by atoms with van der Waals surface area (Å²) in [6, 6.07) is 5.43. The molecule has 1 atom stereocenters. The lowest BCUT2D eigenvalue weighted by Gasteiger charge is -2.20. The molecular weight excluding hydrogens is 297 g/mol. The highest BCUT2D eigenvalue weighted by atomic mass is 35.5. The van der Waals surface area contributed by atoms with Crippen LogP contribution in [0.3, 0.4) is 0 Å². The van der Waals surface area contributed by atoms with E-state index >= 15 is 0 Å². The topological polar surface area (TPSA) is 40.5 Å². The average molecular weight is 316 g/mol. The van der Waals surface area contributed by atoms with Gasteiger partial charge in [-0.25, -0.2) is 0 Å². The van der Waals surface area contributed by atoms with Crippen LogP contribution in [0.5, 0.6) is 0 Å². The summed E-state index contributed by atoms with van der Waals surface area (Å²) in [6.07, 6.45) is 4.75. The molecule has 110 valence electrons. The number of rotatable bonds is 6. The fourth-order valence-corrected chi connectivity index (χ4v) is 3.03. The summed E-state index contributed by atoms with van der Waals surface area (Å²) in [6.45, 7) is 1.77. The molecule has 1 aromatic carbocycles. The van der Waals surface area contributed by atoms with Crippen LogP contribution in [0.15, 0.2) is 18.2 Å². The van der Waals surface area contributed by atoms with E-state index in [4.69, 9.17) is 28.3 Å². The normalized spacial score (nSPS) is 19.4. The maximum absolute atomic E-state index is 11.1. The second-order valence-corrected chi connectivity index (χ2v) is 6.05. The smallest absolute Gasteiger partial charge is 0.320 e. The van der Waals surface area contributed by atoms with Crippen LogP contribution in [0.25, 0.3) is 0 Å². The van der Waals surface area contributed by atoms with Gasteiger partial charge in [0.15, 0.2) is 0 Å². The van der Waals surface area contributed by atoms with Crippen molar-refractivity contribution in [3.63, 3.8) is 0 Å². The number of unbranched alkanes of at least 4 members (excludes halogenated alkanes) is 1. The molecule has 2 rings (SSSR count). The molecule has 0 bridgehead atoms. The minimum absolute atomic E-state index is 0.278. The third-order valence-electron chi connectivity index (χ3n) is 3.79. The molecule has 20 heavy (non-hydrogen) atoms. The number of carboxylic acids is 1. The number of aryl methyl sites for hydroxylation is 1. The zero-order valence-electron chi connectivity index (χ0n) is 11.3. The minimum atomic E-state index is -0.688. The number of likely N-dealkylation sites (tertiary alicyclic amines) is 1. The summed E-state index contributed by atoms with van der Waals surface area (Å²) in [5.74, 6) is -0.688. The summed E-state index contributed by atoms with van der Waals surface area (Å²) >= 11 is 11.9. The molecule has 1 fully saturated rings. The molecule has 0 aliphatic carbocycles. The predicted molar refractivity (Wildman–Crippen MR) is 81.6 cm³/mol. The Hall–Kier alpha value is -0.770. The molecule has 1 aromatic rings. The lowest BCUT2D eigenvalue weighted by Crippen LogP contribution is -2.36. The highest BCUT2D eigenvalue weighted by Crippen LogP contribution is 2.23. The van der Waals surface area contributed by atoms with Crippen molar-refractivity contribution < 1.29 is 9.90 Å². The van der Waals surface area contributed by atoms with E-state index in [-0.39, 0.29) is 6.04 Å². The molecule has 0 unspecified atom stereocenters. The molecule has 5 heteroatoms. The van der Waals surface area contributed by atoms with Crippen molar-refractivity contribution >= 4 is 29.2 Å². The number of hydrogen-bond acceptors (Lipinski definition) is 2. The first-order valence-corrected chi connectivity index (χ1v) is 7.74. The maximum atomic E-state index is 11.1. The van der Waals surface area contributed by atoms with Gasteiger partial charge in [0.1, 0.15) is 6.04 Å². The van der Waals surface area contributed by atoms with E-state index < -0.39 is 5.97 Å². The molecule has 1 aliphatic heterocycles. The number of carbonyl (C=O) groups is 1. The summed E-state index contributed by atoms with van der Waals surface area (Å²) in [7, 11) is 0. The van der Waals surface area contributed by atoms with Crippen LogP contribution < -0.4 is 0 Å². The number of carboxylic acid groups (broad SMARTS) is 1. The third kappa shape index (κ3) is 4.11. The Morgan fingerprint density at radius 3 is 2.80 bits per heavy atom. The largest absolute Gasteiger partial charge is 0.480 e. The molecule has 0 spiro atoms. The fraction of sp³-hybridized carbons (Fsp3) is 0.533. The SMILES string of the molecule is O=C(O)[C@H]1CCCN1CCCCc1ccc(Cl)c(Cl)c1. The molecule has 3 nitrogen and oxygen atoms in total. The minimum Gasteiger partial charge on any atom is -0.480 e. The first-order chi connectivity index (χ1) is 9.58. The van der Waals surface area contributed by atoms with E-state index in [2.05, 4.69) is 4.90 Å². The Morgan fingerprint density at radius 1 is 1.30 bits per heavy atom. The second-order valence-electron chi connectivity index (χ2n) is 5.24. The maximum Gasteiger partial charge on any atom is 0.320 e. The molecule has 0 amide bonds. The predicted octanol–water partition coefficient (Wildman–Crippen LogP) is 3.87. The summed E-state index contributed by atoms with van der Waals surface area (Å²) < 4.78 is 0. The Balaban J connectivity index is 1.73. The molecule has 1 saturated heterocycles. The lowest BCUT2D eigenvalue weighted by atomic mass is 10.1. The van der Waals surface area contributed by atoms with Gasteiger partial charge in [0, 0.05) is 0 Å². The highest BCUT2D eigenvalue weighted by molar-refractivity contribution is 6.42. The molecule has 0 aromatic heterocycles. The van der Waals surface area contributed by atoms with Crippen LogP contribution in [0.1, 0.15) is 31.2 Å². The zero-order valence-corrected chi connectivity index (χ0v) is 12.8. The van der Waals surface area contributed by atoms with Crippen LogP contribution in [-0.2, 0) is 11.2 Å². The lowest BCUT2D eigenvalue weighted by molar-refractivity contribution is -0.142. The molecular formula is C15H19Cl2NO2. The van der Waals surface area contributed by atoms with Crippen molar-refractivity contribution in [3.8, 4) is 0 Å².